The Balaban J connectivity index is 2.28. The van der Waals surface area contributed by atoms with Crippen molar-refractivity contribution < 1.29 is 18.0 Å². The second-order valence-corrected chi connectivity index (χ2v) is 2.74. The Morgan fingerprint density at radius 1 is 1.64 bits per heavy atom. The zero-order chi connectivity index (χ0) is 10.4. The van der Waals surface area contributed by atoms with Crippen molar-refractivity contribution in [2.75, 3.05) is 13.7 Å². The highest BCUT2D eigenvalue weighted by Crippen LogP contribution is 2.04. The molecule has 0 aromatic carbocycles. The summed E-state index contributed by atoms with van der Waals surface area (Å²) >= 11 is 0. The third kappa shape index (κ3) is 3.80. The lowest BCUT2D eigenvalue weighted by Gasteiger charge is -1.98. The fraction of sp³-hybridized carbons (Fsp3) is 0.625. The van der Waals surface area contributed by atoms with Gasteiger partial charge in [0.05, 0.1) is 12.2 Å². The predicted molar refractivity (Wildman–Crippen MR) is 44.9 cm³/mol. The monoisotopic (exact) mass is 206 g/mol. The van der Waals surface area contributed by atoms with Gasteiger partial charge >= 0.3 is 0 Å². The topological polar surface area (TPSA) is 47.3 Å². The standard InChI is InChI=1S/C8H12F2N2O2/c1-13-5-7-2-6(12-14-7)3-11-4-8(9)10/h2,8,11H,3-5H2,1H3. The zero-order valence-corrected chi connectivity index (χ0v) is 7.80. The van der Waals surface area contributed by atoms with Crippen molar-refractivity contribution in [1.29, 1.82) is 0 Å². The van der Waals surface area contributed by atoms with Crippen molar-refractivity contribution in [3.63, 3.8) is 0 Å². The van der Waals surface area contributed by atoms with E-state index in [2.05, 4.69) is 10.5 Å². The van der Waals surface area contributed by atoms with Crippen molar-refractivity contribution >= 4 is 0 Å². The lowest BCUT2D eigenvalue weighted by molar-refractivity contribution is 0.145. The first-order valence-corrected chi connectivity index (χ1v) is 4.14. The number of alkyl halides is 2. The molecule has 0 aliphatic rings. The van der Waals surface area contributed by atoms with E-state index in [9.17, 15) is 8.78 Å². The molecule has 0 atom stereocenters. The molecule has 14 heavy (non-hydrogen) atoms. The van der Waals surface area contributed by atoms with Gasteiger partial charge in [-0.25, -0.2) is 8.78 Å². The molecule has 1 aromatic rings. The first-order valence-electron chi connectivity index (χ1n) is 4.14. The van der Waals surface area contributed by atoms with E-state index in [0.717, 1.165) is 0 Å². The number of rotatable bonds is 6. The summed E-state index contributed by atoms with van der Waals surface area (Å²) in [4.78, 5) is 0. The normalized spacial score (nSPS) is 11.1. The average Bonchev–Trinajstić information content (AvgIpc) is 2.53. The minimum atomic E-state index is -2.35. The maximum absolute atomic E-state index is 11.7. The van der Waals surface area contributed by atoms with Gasteiger partial charge in [-0.3, -0.25) is 0 Å². The summed E-state index contributed by atoms with van der Waals surface area (Å²) in [6, 6.07) is 1.67. The summed E-state index contributed by atoms with van der Waals surface area (Å²) in [5.41, 5.74) is 0.595. The molecule has 0 aliphatic heterocycles. The molecule has 1 heterocycles. The molecule has 80 valence electrons. The van der Waals surface area contributed by atoms with Crippen LogP contribution < -0.4 is 5.32 Å². The van der Waals surface area contributed by atoms with Crippen LogP contribution in [-0.4, -0.2) is 25.2 Å². The number of aromatic nitrogens is 1. The Bertz CT molecular complexity index is 266. The van der Waals surface area contributed by atoms with Crippen molar-refractivity contribution in [2.45, 2.75) is 19.6 Å². The molecule has 0 unspecified atom stereocenters. The molecule has 0 fully saturated rings. The van der Waals surface area contributed by atoms with Gasteiger partial charge in [0.1, 0.15) is 6.61 Å². The highest BCUT2D eigenvalue weighted by Gasteiger charge is 2.05. The fourth-order valence-electron chi connectivity index (χ4n) is 0.959. The first kappa shape index (κ1) is 11.1. The van der Waals surface area contributed by atoms with Crippen LogP contribution in [0.2, 0.25) is 0 Å². The number of ether oxygens (including phenoxy) is 1. The van der Waals surface area contributed by atoms with Crippen molar-refractivity contribution in [1.82, 2.24) is 10.5 Å². The quantitative estimate of drug-likeness (QED) is 0.759. The van der Waals surface area contributed by atoms with Gasteiger partial charge in [-0.05, 0) is 0 Å². The van der Waals surface area contributed by atoms with Crippen LogP contribution in [0.15, 0.2) is 10.6 Å². The van der Waals surface area contributed by atoms with Gasteiger partial charge in [0.15, 0.2) is 5.76 Å². The number of halogens is 2. The molecule has 4 nitrogen and oxygen atoms in total. The molecule has 0 saturated carbocycles. The molecular weight excluding hydrogens is 194 g/mol. The van der Waals surface area contributed by atoms with Crippen LogP contribution in [0, 0.1) is 0 Å². The third-order valence-corrected chi connectivity index (χ3v) is 1.50. The number of hydrogen-bond donors (Lipinski definition) is 1. The summed E-state index contributed by atoms with van der Waals surface area (Å²) < 4.78 is 33.1. The number of nitrogens with zero attached hydrogens (tertiary/aromatic N) is 1. The molecule has 1 N–H and O–H groups in total. The van der Waals surface area contributed by atoms with Crippen LogP contribution >= 0.6 is 0 Å². The Hall–Kier alpha value is -1.01. The van der Waals surface area contributed by atoms with E-state index >= 15 is 0 Å². The molecular formula is C8H12F2N2O2. The number of hydrogen-bond acceptors (Lipinski definition) is 4. The smallest absolute Gasteiger partial charge is 0.250 e. The van der Waals surface area contributed by atoms with Gasteiger partial charge in [0.2, 0.25) is 0 Å². The van der Waals surface area contributed by atoms with Gasteiger partial charge in [-0.1, -0.05) is 5.16 Å². The van der Waals surface area contributed by atoms with Crippen LogP contribution in [0.1, 0.15) is 11.5 Å². The van der Waals surface area contributed by atoms with E-state index < -0.39 is 6.43 Å². The van der Waals surface area contributed by atoms with Crippen LogP contribution in [0.4, 0.5) is 8.78 Å². The Morgan fingerprint density at radius 2 is 2.43 bits per heavy atom. The van der Waals surface area contributed by atoms with Gasteiger partial charge in [0.25, 0.3) is 6.43 Å². The Kier molecular flexibility index (Phi) is 4.48. The summed E-state index contributed by atoms with van der Waals surface area (Å²) in [6.45, 7) is 0.270. The predicted octanol–water partition coefficient (Wildman–Crippen LogP) is 1.18. The molecule has 0 saturated heterocycles. The van der Waals surface area contributed by atoms with Gasteiger partial charge in [-0.2, -0.15) is 0 Å². The Morgan fingerprint density at radius 3 is 3.07 bits per heavy atom. The van der Waals surface area contributed by atoms with Crippen molar-refractivity contribution in [3.8, 4) is 0 Å². The molecule has 6 heteroatoms. The lowest BCUT2D eigenvalue weighted by atomic mass is 10.3. The van der Waals surface area contributed by atoms with Crippen molar-refractivity contribution in [3.05, 3.63) is 17.5 Å². The van der Waals surface area contributed by atoms with E-state index in [0.29, 0.717) is 18.1 Å². The second-order valence-electron chi connectivity index (χ2n) is 2.74. The Labute approximate surface area is 80.2 Å². The highest BCUT2D eigenvalue weighted by atomic mass is 19.3. The summed E-state index contributed by atoms with van der Waals surface area (Å²) in [7, 11) is 1.54. The van der Waals surface area contributed by atoms with Gasteiger partial charge in [0, 0.05) is 19.7 Å². The molecule has 0 aliphatic carbocycles. The molecule has 0 amide bonds. The second kappa shape index (κ2) is 5.66. The maximum Gasteiger partial charge on any atom is 0.250 e. The third-order valence-electron chi connectivity index (χ3n) is 1.50. The summed E-state index contributed by atoms with van der Waals surface area (Å²) in [5, 5.41) is 6.21. The van der Waals surface area contributed by atoms with E-state index in [4.69, 9.17) is 9.26 Å². The van der Waals surface area contributed by atoms with Crippen LogP contribution in [-0.2, 0) is 17.9 Å². The summed E-state index contributed by atoms with van der Waals surface area (Å²) in [5.74, 6) is 0.585. The molecule has 1 rings (SSSR count). The minimum Gasteiger partial charge on any atom is -0.377 e. The highest BCUT2D eigenvalue weighted by molar-refractivity contribution is 5.04. The van der Waals surface area contributed by atoms with E-state index in [1.807, 2.05) is 0 Å². The van der Waals surface area contributed by atoms with E-state index in [1.54, 1.807) is 6.07 Å². The van der Waals surface area contributed by atoms with Crippen LogP contribution in [0.3, 0.4) is 0 Å². The fourth-order valence-corrected chi connectivity index (χ4v) is 0.959. The van der Waals surface area contributed by atoms with Crippen LogP contribution in [0.5, 0.6) is 0 Å². The SMILES string of the molecule is COCc1cc(CNCC(F)F)no1. The summed E-state index contributed by atoms with van der Waals surface area (Å²) in [6.07, 6.45) is -2.35. The molecule has 0 bridgehead atoms. The molecule has 0 radical (unpaired) electrons. The van der Waals surface area contributed by atoms with Gasteiger partial charge in [-0.15, -0.1) is 0 Å². The zero-order valence-electron chi connectivity index (χ0n) is 7.80. The van der Waals surface area contributed by atoms with E-state index in [1.165, 1.54) is 7.11 Å². The largest absolute Gasteiger partial charge is 0.377 e. The molecule has 0 spiro atoms. The number of methoxy groups -OCH3 is 1. The maximum atomic E-state index is 11.7. The van der Waals surface area contributed by atoms with E-state index in [-0.39, 0.29) is 13.1 Å². The molecule has 1 aromatic heterocycles. The van der Waals surface area contributed by atoms with Crippen molar-refractivity contribution in [2.24, 2.45) is 0 Å². The first-order chi connectivity index (χ1) is 6.72. The van der Waals surface area contributed by atoms with Gasteiger partial charge < -0.3 is 14.6 Å². The van der Waals surface area contributed by atoms with Crippen LogP contribution in [0.25, 0.3) is 0 Å². The minimum absolute atomic E-state index is 0.275. The number of nitrogens with one attached hydrogen (secondary N) is 1. The lowest BCUT2D eigenvalue weighted by Crippen LogP contribution is -2.20. The average molecular weight is 206 g/mol.